The maximum atomic E-state index is 10.1. The van der Waals surface area contributed by atoms with Crippen LogP contribution in [0.4, 0.5) is 0 Å². The molecule has 82 valence electrons. The molecule has 1 N–H and O–H groups in total. The van der Waals surface area contributed by atoms with Gasteiger partial charge in [0.05, 0.1) is 14.2 Å². The van der Waals surface area contributed by atoms with Crippen LogP contribution in [0.25, 0.3) is 0 Å². The van der Waals surface area contributed by atoms with Crippen molar-refractivity contribution >= 4 is 8.07 Å². The van der Waals surface area contributed by atoms with E-state index in [0.717, 1.165) is 5.57 Å². The maximum Gasteiger partial charge on any atom is 0.0831 e. The Morgan fingerprint density at radius 3 is 1.93 bits per heavy atom. The lowest BCUT2D eigenvalue weighted by molar-refractivity contribution is 0.0981. The Balaban J connectivity index is 4.93. The van der Waals surface area contributed by atoms with E-state index in [0.29, 0.717) is 0 Å². The Kier molecular flexibility index (Phi) is 4.34. The minimum absolute atomic E-state index is 0.111. The van der Waals surface area contributed by atoms with Crippen LogP contribution in [-0.2, 0) is 0 Å². The van der Waals surface area contributed by atoms with Crippen molar-refractivity contribution in [2.45, 2.75) is 46.5 Å². The molecule has 0 fully saturated rings. The molecule has 0 amide bonds. The standard InChI is InChI=1S/C12H24OSi/c1-8-10(9-14(5,6)7)11(13)12(2,3)4/h8-9,11,13H,1H2,2-7H3/b10-9+. The van der Waals surface area contributed by atoms with Crippen LogP contribution in [0.1, 0.15) is 20.8 Å². The molecule has 2 heteroatoms. The number of aliphatic hydroxyl groups excluding tert-OH is 1. The van der Waals surface area contributed by atoms with Gasteiger partial charge in [-0.3, -0.25) is 0 Å². The number of hydrogen-bond acceptors (Lipinski definition) is 1. The molecule has 0 aliphatic rings. The van der Waals surface area contributed by atoms with Gasteiger partial charge in [-0.15, -0.1) is 0 Å². The fraction of sp³-hybridized carbons (Fsp3) is 0.667. The molecule has 1 atom stereocenters. The highest BCUT2D eigenvalue weighted by atomic mass is 28.3. The molecule has 0 saturated carbocycles. The number of hydrogen-bond donors (Lipinski definition) is 1. The van der Waals surface area contributed by atoms with Gasteiger partial charge in [-0.1, -0.05) is 58.8 Å². The lowest BCUT2D eigenvalue weighted by Gasteiger charge is -2.28. The normalized spacial score (nSPS) is 16.6. The minimum atomic E-state index is -1.28. The molecule has 0 aliphatic heterocycles. The highest BCUT2D eigenvalue weighted by molar-refractivity contribution is 6.81. The summed E-state index contributed by atoms with van der Waals surface area (Å²) in [6, 6.07) is 0. The largest absolute Gasteiger partial charge is 0.388 e. The summed E-state index contributed by atoms with van der Waals surface area (Å²) in [5, 5.41) is 10.1. The van der Waals surface area contributed by atoms with E-state index < -0.39 is 14.2 Å². The second-order valence-corrected chi connectivity index (χ2v) is 11.0. The molecule has 1 nitrogen and oxygen atoms in total. The maximum absolute atomic E-state index is 10.1. The molecule has 0 radical (unpaired) electrons. The molecule has 0 aromatic rings. The van der Waals surface area contributed by atoms with E-state index in [-0.39, 0.29) is 5.41 Å². The van der Waals surface area contributed by atoms with Crippen molar-refractivity contribution < 1.29 is 5.11 Å². The van der Waals surface area contributed by atoms with Crippen molar-refractivity contribution in [2.75, 3.05) is 0 Å². The topological polar surface area (TPSA) is 20.2 Å². The summed E-state index contributed by atoms with van der Waals surface area (Å²) in [5.74, 6) is 0. The fourth-order valence-corrected chi connectivity index (χ4v) is 2.53. The van der Waals surface area contributed by atoms with Crippen molar-refractivity contribution in [3.05, 3.63) is 23.9 Å². The molecule has 14 heavy (non-hydrogen) atoms. The van der Waals surface area contributed by atoms with E-state index in [9.17, 15) is 5.11 Å². The highest BCUT2D eigenvalue weighted by Crippen LogP contribution is 2.26. The predicted molar refractivity (Wildman–Crippen MR) is 67.1 cm³/mol. The third-order valence-corrected chi connectivity index (χ3v) is 3.17. The molecule has 0 aliphatic carbocycles. The Morgan fingerprint density at radius 1 is 1.29 bits per heavy atom. The summed E-state index contributed by atoms with van der Waals surface area (Å²) in [5.41, 5.74) is 3.09. The van der Waals surface area contributed by atoms with Crippen LogP contribution in [-0.4, -0.2) is 19.3 Å². The summed E-state index contributed by atoms with van der Waals surface area (Å²) in [4.78, 5) is 0. The van der Waals surface area contributed by atoms with Crippen molar-refractivity contribution in [3.63, 3.8) is 0 Å². The van der Waals surface area contributed by atoms with Crippen molar-refractivity contribution in [1.82, 2.24) is 0 Å². The minimum Gasteiger partial charge on any atom is -0.388 e. The zero-order valence-electron chi connectivity index (χ0n) is 10.4. The molecule has 0 aromatic heterocycles. The molecule has 0 saturated heterocycles. The van der Waals surface area contributed by atoms with Gasteiger partial charge in [-0.2, -0.15) is 0 Å². The van der Waals surface area contributed by atoms with Crippen LogP contribution in [0.2, 0.25) is 19.6 Å². The lowest BCUT2D eigenvalue weighted by Crippen LogP contribution is -2.29. The van der Waals surface area contributed by atoms with E-state index in [1.54, 1.807) is 6.08 Å². The lowest BCUT2D eigenvalue weighted by atomic mass is 9.85. The first-order chi connectivity index (χ1) is 6.08. The third-order valence-electron chi connectivity index (χ3n) is 1.97. The van der Waals surface area contributed by atoms with Crippen molar-refractivity contribution in [3.8, 4) is 0 Å². The van der Waals surface area contributed by atoms with Crippen LogP contribution >= 0.6 is 0 Å². The second kappa shape index (κ2) is 4.45. The zero-order chi connectivity index (χ0) is 11.6. The van der Waals surface area contributed by atoms with Crippen LogP contribution in [0.5, 0.6) is 0 Å². The van der Waals surface area contributed by atoms with Gasteiger partial charge in [-0.05, 0) is 11.0 Å². The summed E-state index contributed by atoms with van der Waals surface area (Å²) < 4.78 is 0. The van der Waals surface area contributed by atoms with Gasteiger partial charge in [0.25, 0.3) is 0 Å². The average Bonchev–Trinajstić information content (AvgIpc) is 1.95. The molecule has 0 bridgehead atoms. The smallest absolute Gasteiger partial charge is 0.0831 e. The Morgan fingerprint density at radius 2 is 1.71 bits per heavy atom. The molecule has 0 spiro atoms. The van der Waals surface area contributed by atoms with Gasteiger partial charge in [-0.25, -0.2) is 0 Å². The van der Waals surface area contributed by atoms with E-state index in [4.69, 9.17) is 0 Å². The van der Waals surface area contributed by atoms with E-state index in [1.807, 2.05) is 20.8 Å². The van der Waals surface area contributed by atoms with Crippen LogP contribution in [0.15, 0.2) is 23.9 Å². The van der Waals surface area contributed by atoms with Crippen molar-refractivity contribution in [2.24, 2.45) is 5.41 Å². The molecular weight excluding hydrogens is 188 g/mol. The predicted octanol–water partition coefficient (Wildman–Crippen LogP) is 3.38. The van der Waals surface area contributed by atoms with Gasteiger partial charge in [0.1, 0.15) is 0 Å². The van der Waals surface area contributed by atoms with E-state index >= 15 is 0 Å². The molecule has 1 unspecified atom stereocenters. The number of rotatable bonds is 3. The van der Waals surface area contributed by atoms with Gasteiger partial charge in [0.2, 0.25) is 0 Å². The van der Waals surface area contributed by atoms with Crippen molar-refractivity contribution in [1.29, 1.82) is 0 Å². The zero-order valence-corrected chi connectivity index (χ0v) is 11.4. The van der Waals surface area contributed by atoms with Gasteiger partial charge in [0.15, 0.2) is 0 Å². The van der Waals surface area contributed by atoms with Crippen LogP contribution in [0, 0.1) is 5.41 Å². The Hall–Kier alpha value is -0.343. The Bertz CT molecular complexity index is 228. The summed E-state index contributed by atoms with van der Waals surface area (Å²) in [6.07, 6.45) is 1.38. The van der Waals surface area contributed by atoms with Crippen LogP contribution < -0.4 is 0 Å². The first-order valence-corrected chi connectivity index (χ1v) is 8.69. The van der Waals surface area contributed by atoms with Gasteiger partial charge >= 0.3 is 0 Å². The van der Waals surface area contributed by atoms with Crippen LogP contribution in [0.3, 0.4) is 0 Å². The molecular formula is C12H24OSi. The molecule has 0 rings (SSSR count). The molecule has 0 aromatic carbocycles. The second-order valence-electron chi connectivity index (χ2n) is 5.98. The van der Waals surface area contributed by atoms with E-state index in [1.165, 1.54) is 0 Å². The third kappa shape index (κ3) is 4.77. The quantitative estimate of drug-likeness (QED) is 0.562. The average molecular weight is 212 g/mol. The SMILES string of the molecule is C=C/C(=C\[Si](C)(C)C)C(O)C(C)(C)C. The molecule has 0 heterocycles. The Labute approximate surface area is 89.5 Å². The summed E-state index contributed by atoms with van der Waals surface area (Å²) >= 11 is 0. The van der Waals surface area contributed by atoms with E-state index in [2.05, 4.69) is 31.9 Å². The summed E-state index contributed by atoms with van der Waals surface area (Å²) in [7, 11) is -1.28. The first kappa shape index (κ1) is 13.7. The fourth-order valence-electron chi connectivity index (χ4n) is 1.25. The monoisotopic (exact) mass is 212 g/mol. The van der Waals surface area contributed by atoms with Gasteiger partial charge in [0, 0.05) is 0 Å². The first-order valence-electron chi connectivity index (χ1n) is 5.11. The van der Waals surface area contributed by atoms with Gasteiger partial charge < -0.3 is 5.11 Å². The summed E-state index contributed by atoms with van der Waals surface area (Å²) in [6.45, 7) is 16.7. The number of aliphatic hydroxyl groups is 1. The highest BCUT2D eigenvalue weighted by Gasteiger charge is 2.25.